The molecule has 1 aliphatic rings. The third-order valence-electron chi connectivity index (χ3n) is 3.73. The highest BCUT2D eigenvalue weighted by atomic mass is 31.2. The Balaban J connectivity index is 2.37. The molecule has 1 heterocycles. The van der Waals surface area contributed by atoms with Crippen molar-refractivity contribution in [3.63, 3.8) is 0 Å². The fraction of sp³-hybridized carbons (Fsp3) is 1.00. The lowest BCUT2D eigenvalue weighted by Crippen LogP contribution is -2.28. The summed E-state index contributed by atoms with van der Waals surface area (Å²) >= 11 is 0. The van der Waals surface area contributed by atoms with Crippen LogP contribution in [-0.4, -0.2) is 60.7 Å². The zero-order valence-electron chi connectivity index (χ0n) is 11.7. The van der Waals surface area contributed by atoms with Gasteiger partial charge >= 0.3 is 7.60 Å². The molecule has 1 fully saturated rings. The molecule has 4 atom stereocenters. The lowest BCUT2D eigenvalue weighted by atomic mass is 9.81. The number of ether oxygens (including phenoxy) is 1. The summed E-state index contributed by atoms with van der Waals surface area (Å²) in [5.41, 5.74) is 0. The summed E-state index contributed by atoms with van der Waals surface area (Å²) in [6, 6.07) is -0.0497. The van der Waals surface area contributed by atoms with Gasteiger partial charge in [0.1, 0.15) is 7.85 Å². The summed E-state index contributed by atoms with van der Waals surface area (Å²) in [5, 5.41) is 13.3. The van der Waals surface area contributed by atoms with Crippen molar-refractivity contribution in [3.8, 4) is 0 Å². The zero-order valence-corrected chi connectivity index (χ0v) is 12.6. The van der Waals surface area contributed by atoms with E-state index in [1.807, 2.05) is 14.9 Å². The second-order valence-corrected chi connectivity index (χ2v) is 7.09. The minimum absolute atomic E-state index is 0.0497. The molecule has 0 spiro atoms. The van der Waals surface area contributed by atoms with Crippen molar-refractivity contribution in [2.24, 2.45) is 5.92 Å². The number of unbranched alkanes of at least 4 members (excludes halogenated alkanes) is 1. The van der Waals surface area contributed by atoms with E-state index < -0.39 is 19.8 Å². The minimum atomic E-state index is -4.01. The van der Waals surface area contributed by atoms with Gasteiger partial charge < -0.3 is 24.9 Å². The van der Waals surface area contributed by atoms with Crippen LogP contribution >= 0.6 is 7.60 Å². The van der Waals surface area contributed by atoms with Crippen molar-refractivity contribution in [3.05, 3.63) is 0 Å². The monoisotopic (exact) mass is 293 g/mol. The average Bonchev–Trinajstić information content (AvgIpc) is 2.58. The molecular weight excluding hydrogens is 268 g/mol. The van der Waals surface area contributed by atoms with Crippen LogP contribution in [0, 0.1) is 5.92 Å². The maximum absolute atomic E-state index is 10.9. The van der Waals surface area contributed by atoms with Gasteiger partial charge in [0.2, 0.25) is 0 Å². The molecule has 2 unspecified atom stereocenters. The number of aliphatic hydroxyl groups is 1. The Morgan fingerprint density at radius 1 is 1.32 bits per heavy atom. The van der Waals surface area contributed by atoms with E-state index >= 15 is 0 Å². The molecule has 6 nitrogen and oxygen atoms in total. The van der Waals surface area contributed by atoms with Gasteiger partial charge in [0, 0.05) is 11.9 Å². The van der Waals surface area contributed by atoms with Gasteiger partial charge in [-0.3, -0.25) is 4.57 Å². The molecule has 0 aromatic rings. The van der Waals surface area contributed by atoms with E-state index in [-0.39, 0.29) is 24.5 Å². The Kier molecular flexibility index (Phi) is 7.01. The molecule has 112 valence electrons. The average molecular weight is 293 g/mol. The number of rotatable bonds is 8. The van der Waals surface area contributed by atoms with Crippen molar-refractivity contribution < 1.29 is 24.2 Å². The molecule has 4 N–H and O–H groups in total. The largest absolute Gasteiger partial charge is 0.390 e. The Hall–Kier alpha value is 0.0949. The summed E-state index contributed by atoms with van der Waals surface area (Å²) in [5.74, 6) is 0.0682. The van der Waals surface area contributed by atoms with Gasteiger partial charge in [0.05, 0.1) is 18.4 Å². The third-order valence-corrected chi connectivity index (χ3v) is 4.57. The van der Waals surface area contributed by atoms with Crippen molar-refractivity contribution in [2.45, 2.75) is 43.9 Å². The van der Waals surface area contributed by atoms with E-state index in [4.69, 9.17) is 14.5 Å². The van der Waals surface area contributed by atoms with Gasteiger partial charge in [0.15, 0.2) is 0 Å². The Morgan fingerprint density at radius 3 is 2.58 bits per heavy atom. The van der Waals surface area contributed by atoms with Crippen LogP contribution in [0.3, 0.4) is 0 Å². The van der Waals surface area contributed by atoms with Gasteiger partial charge in [-0.2, -0.15) is 0 Å². The van der Waals surface area contributed by atoms with Crippen LogP contribution < -0.4 is 5.32 Å². The molecule has 0 aliphatic carbocycles. The van der Waals surface area contributed by atoms with Gasteiger partial charge in [-0.1, -0.05) is 6.42 Å². The first-order chi connectivity index (χ1) is 8.85. The van der Waals surface area contributed by atoms with Crippen LogP contribution in [0.15, 0.2) is 0 Å². The quantitative estimate of drug-likeness (QED) is 0.268. The van der Waals surface area contributed by atoms with Gasteiger partial charge in [-0.15, -0.1) is 0 Å². The molecule has 0 aromatic heterocycles. The van der Waals surface area contributed by atoms with Crippen LogP contribution in [0.25, 0.3) is 0 Å². The maximum atomic E-state index is 10.9. The van der Waals surface area contributed by atoms with Crippen LogP contribution in [0.5, 0.6) is 0 Å². The molecular formula is C11H25BNO5P. The Labute approximate surface area is 115 Å². The van der Waals surface area contributed by atoms with Crippen molar-refractivity contribution in [2.75, 3.05) is 19.8 Å². The first-order valence-corrected chi connectivity index (χ1v) is 8.67. The summed E-state index contributed by atoms with van der Waals surface area (Å²) in [4.78, 5) is 17.7. The highest BCUT2D eigenvalue weighted by Crippen LogP contribution is 2.38. The Morgan fingerprint density at radius 2 is 2.00 bits per heavy atom. The highest BCUT2D eigenvalue weighted by molar-refractivity contribution is 7.51. The van der Waals surface area contributed by atoms with E-state index in [2.05, 4.69) is 5.32 Å². The predicted octanol–water partition coefficient (Wildman–Crippen LogP) is -0.721. The fourth-order valence-corrected chi connectivity index (χ4v) is 3.22. The second kappa shape index (κ2) is 7.77. The Bertz CT molecular complexity index is 313. The molecule has 1 saturated heterocycles. The van der Waals surface area contributed by atoms with Crippen LogP contribution in [-0.2, 0) is 9.30 Å². The van der Waals surface area contributed by atoms with Gasteiger partial charge in [0.25, 0.3) is 0 Å². The van der Waals surface area contributed by atoms with Crippen LogP contribution in [0.2, 0.25) is 0 Å². The topological polar surface area (TPSA) is 99.0 Å². The van der Waals surface area contributed by atoms with E-state index in [9.17, 15) is 9.67 Å². The number of aliphatic hydroxyl groups excluding tert-OH is 1. The summed E-state index contributed by atoms with van der Waals surface area (Å²) in [6.07, 6.45) is 1.88. The number of hydrogen-bond acceptors (Lipinski definition) is 4. The number of hydrogen-bond donors (Lipinski definition) is 4. The standard InChI is InChI=1S/C11H25BNO5P/c1-13-6-3-2-4-8-10(14)9(18-11(8)12)5-7-19(15,16)17/h8-11,13-14H,2-7,12H2,1H3,(H2,15,16,17)/t8?,9-,10?,11-/m1/s1. The maximum Gasteiger partial charge on any atom is 0.325 e. The zero-order chi connectivity index (χ0) is 14.5. The summed E-state index contributed by atoms with van der Waals surface area (Å²) < 4.78 is 16.5. The highest BCUT2D eigenvalue weighted by Gasteiger charge is 2.40. The fourth-order valence-electron chi connectivity index (χ4n) is 2.63. The molecule has 0 amide bonds. The molecule has 1 rings (SSSR count). The van der Waals surface area contributed by atoms with E-state index in [1.165, 1.54) is 0 Å². The lowest BCUT2D eigenvalue weighted by molar-refractivity contribution is 0.0288. The van der Waals surface area contributed by atoms with E-state index in [0.717, 1.165) is 25.8 Å². The molecule has 8 heteroatoms. The lowest BCUT2D eigenvalue weighted by Gasteiger charge is -2.18. The summed E-state index contributed by atoms with van der Waals surface area (Å²) in [7, 11) is -0.183. The third kappa shape index (κ3) is 5.94. The van der Waals surface area contributed by atoms with Gasteiger partial charge in [-0.05, 0) is 32.9 Å². The van der Waals surface area contributed by atoms with Crippen LogP contribution in [0.1, 0.15) is 25.7 Å². The minimum Gasteiger partial charge on any atom is -0.390 e. The smallest absolute Gasteiger partial charge is 0.325 e. The molecule has 0 saturated carbocycles. The molecule has 0 bridgehead atoms. The van der Waals surface area contributed by atoms with E-state index in [1.54, 1.807) is 0 Å². The number of nitrogens with one attached hydrogen (secondary N) is 1. The van der Waals surface area contributed by atoms with Crippen molar-refractivity contribution >= 4 is 15.4 Å². The predicted molar refractivity (Wildman–Crippen MR) is 76.0 cm³/mol. The van der Waals surface area contributed by atoms with Crippen LogP contribution in [0.4, 0.5) is 0 Å². The molecule has 0 radical (unpaired) electrons. The van der Waals surface area contributed by atoms with Gasteiger partial charge in [-0.25, -0.2) is 0 Å². The van der Waals surface area contributed by atoms with E-state index in [0.29, 0.717) is 0 Å². The first kappa shape index (κ1) is 17.1. The summed E-state index contributed by atoms with van der Waals surface area (Å²) in [6.45, 7) is 0.958. The van der Waals surface area contributed by atoms with Crippen molar-refractivity contribution in [1.29, 1.82) is 0 Å². The van der Waals surface area contributed by atoms with Crippen molar-refractivity contribution in [1.82, 2.24) is 5.32 Å². The first-order valence-electron chi connectivity index (χ1n) is 6.88. The normalized spacial score (nSPS) is 31.8. The SMILES string of the molecule is B[C@@H]1O[C@H](CCP(=O)(O)O)C(O)C1CCCCNC. The molecule has 0 aromatic carbocycles. The molecule has 1 aliphatic heterocycles. The molecule has 19 heavy (non-hydrogen) atoms. The second-order valence-electron chi connectivity index (χ2n) is 5.31.